The number of alkyl halides is 6. The molecule has 0 bridgehead atoms. The molecule has 2 aromatic carbocycles. The second-order valence-electron chi connectivity index (χ2n) is 10.4. The van der Waals surface area contributed by atoms with Crippen molar-refractivity contribution in [3.63, 3.8) is 0 Å². The lowest BCUT2D eigenvalue weighted by atomic mass is 10.0. The van der Waals surface area contributed by atoms with Crippen LogP contribution in [0.5, 0.6) is 0 Å². The van der Waals surface area contributed by atoms with Crippen LogP contribution in [0.1, 0.15) is 71.4 Å². The van der Waals surface area contributed by atoms with E-state index in [2.05, 4.69) is 0 Å². The van der Waals surface area contributed by atoms with Gasteiger partial charge in [0.1, 0.15) is 0 Å². The van der Waals surface area contributed by atoms with E-state index in [1.807, 2.05) is 6.92 Å². The lowest BCUT2D eigenvalue weighted by Crippen LogP contribution is -2.40. The predicted molar refractivity (Wildman–Crippen MR) is 160 cm³/mol. The first-order chi connectivity index (χ1) is 21.5. The van der Waals surface area contributed by atoms with Gasteiger partial charge in [0.25, 0.3) is 22.7 Å². The van der Waals surface area contributed by atoms with E-state index in [4.69, 9.17) is 0 Å². The zero-order chi connectivity index (χ0) is 36.6. The molecule has 0 radical (unpaired) electrons. The number of unbranched alkanes of at least 4 members (excludes halogenated alkanes) is 1. The summed E-state index contributed by atoms with van der Waals surface area (Å²) in [5.74, 6) is 0. The molecule has 2 atom stereocenters. The van der Waals surface area contributed by atoms with E-state index in [0.717, 1.165) is 6.42 Å². The highest BCUT2D eigenvalue weighted by atomic mass is 19.4. The van der Waals surface area contributed by atoms with Crippen LogP contribution in [0.25, 0.3) is 0 Å². The van der Waals surface area contributed by atoms with Crippen LogP contribution < -0.4 is 9.80 Å². The largest absolute Gasteiger partial charge is 0.416 e. The molecule has 2 unspecified atom stereocenters. The Morgan fingerprint density at radius 1 is 0.638 bits per heavy atom. The van der Waals surface area contributed by atoms with Gasteiger partial charge in [-0.05, 0) is 33.1 Å². The number of nitrogens with zero attached hydrogens (tertiary/aromatic N) is 6. The van der Waals surface area contributed by atoms with Crippen LogP contribution in [0.3, 0.4) is 0 Å². The van der Waals surface area contributed by atoms with E-state index < -0.39 is 71.6 Å². The van der Waals surface area contributed by atoms with Gasteiger partial charge in [-0.25, -0.2) is 0 Å². The van der Waals surface area contributed by atoms with Crippen LogP contribution in [0.15, 0.2) is 24.3 Å². The molecule has 0 fully saturated rings. The molecule has 14 nitrogen and oxygen atoms in total. The van der Waals surface area contributed by atoms with Crippen molar-refractivity contribution in [2.24, 2.45) is 0 Å². The summed E-state index contributed by atoms with van der Waals surface area (Å²) in [6.07, 6.45) is -7.49. The van der Waals surface area contributed by atoms with Crippen LogP contribution in [-0.2, 0) is 12.4 Å². The summed E-state index contributed by atoms with van der Waals surface area (Å²) in [4.78, 5) is 43.5. The lowest BCUT2D eigenvalue weighted by molar-refractivity contribution is -0.393. The Morgan fingerprint density at radius 3 is 1.17 bits per heavy atom. The molecule has 0 spiro atoms. The highest BCUT2D eigenvalue weighted by Crippen LogP contribution is 2.45. The third kappa shape index (κ3) is 10.1. The van der Waals surface area contributed by atoms with E-state index in [9.17, 15) is 66.8 Å². The number of halogens is 6. The van der Waals surface area contributed by atoms with Gasteiger partial charge >= 0.3 is 12.4 Å². The molecule has 0 aliphatic carbocycles. The number of hydrogen-bond donors (Lipinski definition) is 0. The fourth-order valence-electron chi connectivity index (χ4n) is 4.52. The van der Waals surface area contributed by atoms with E-state index in [-0.39, 0.29) is 24.3 Å². The summed E-state index contributed by atoms with van der Waals surface area (Å²) in [6, 6.07) is 0.712. The molecular weight excluding hydrogens is 650 g/mol. The van der Waals surface area contributed by atoms with E-state index in [1.54, 1.807) is 27.7 Å². The zero-order valence-electron chi connectivity index (χ0n) is 26.2. The first-order valence-corrected chi connectivity index (χ1v) is 14.1. The van der Waals surface area contributed by atoms with Gasteiger partial charge in [-0.15, -0.1) is 0 Å². The van der Waals surface area contributed by atoms with Gasteiger partial charge < -0.3 is 9.80 Å². The van der Waals surface area contributed by atoms with Crippen molar-refractivity contribution in [1.29, 1.82) is 0 Å². The van der Waals surface area contributed by atoms with Crippen molar-refractivity contribution in [3.8, 4) is 0 Å². The maximum absolute atomic E-state index is 13.0. The first kappa shape index (κ1) is 40.2. The van der Waals surface area contributed by atoms with Crippen molar-refractivity contribution in [2.75, 3.05) is 23.4 Å². The van der Waals surface area contributed by atoms with E-state index >= 15 is 0 Å². The van der Waals surface area contributed by atoms with Crippen LogP contribution in [0, 0.1) is 40.5 Å². The molecule has 0 amide bonds. The molecule has 0 saturated carbocycles. The van der Waals surface area contributed by atoms with Gasteiger partial charge in [0, 0.05) is 49.9 Å². The topological polar surface area (TPSA) is 179 Å². The van der Waals surface area contributed by atoms with Crippen molar-refractivity contribution in [3.05, 3.63) is 75.8 Å². The molecule has 0 aliphatic rings. The Labute approximate surface area is 264 Å². The fraction of sp³-hybridized carbons (Fsp3) is 0.556. The first-order valence-electron chi connectivity index (χ1n) is 14.1. The Kier molecular flexibility index (Phi) is 13.8. The Balaban J connectivity index is 0.000000474. The second-order valence-corrected chi connectivity index (χ2v) is 10.4. The maximum atomic E-state index is 13.0. The quantitative estimate of drug-likeness (QED) is 0.113. The van der Waals surface area contributed by atoms with Crippen LogP contribution in [0.4, 0.5) is 60.5 Å². The minimum Gasteiger partial charge on any atom is -0.363 e. The van der Waals surface area contributed by atoms with Gasteiger partial charge in [-0.3, -0.25) is 40.5 Å². The Morgan fingerprint density at radius 2 is 0.936 bits per heavy atom. The van der Waals surface area contributed by atoms with Crippen molar-refractivity contribution in [1.82, 2.24) is 0 Å². The second kappa shape index (κ2) is 16.2. The number of benzene rings is 2. The third-order valence-corrected chi connectivity index (χ3v) is 7.20. The van der Waals surface area contributed by atoms with Crippen LogP contribution in [0.2, 0.25) is 0 Å². The zero-order valence-corrected chi connectivity index (χ0v) is 26.2. The SMILES string of the molecule is CCC(C)N(c1c([N+](=O)[O-])cc(C(F)(F)F)cc1[N+](=O)[O-])C(C)CC.CCCCN(C)c1c([N+](=O)[O-])cc(C(F)(F)F)cc1[N+](=O)[O-]. The Hall–Kier alpha value is -4.78. The molecule has 2 rings (SSSR count). The monoisotopic (exact) mass is 684 g/mol. The van der Waals surface area contributed by atoms with Crippen molar-refractivity contribution < 1.29 is 46.0 Å². The summed E-state index contributed by atoms with van der Waals surface area (Å²) in [6.45, 7) is 9.13. The number of hydrogen-bond acceptors (Lipinski definition) is 10. The summed E-state index contributed by atoms with van der Waals surface area (Å²) in [5.41, 5.74) is -7.32. The van der Waals surface area contributed by atoms with Gasteiger partial charge in [-0.1, -0.05) is 27.2 Å². The number of nitro benzene ring substituents is 4. The highest BCUT2D eigenvalue weighted by Gasteiger charge is 2.41. The minimum absolute atomic E-state index is 0.254. The van der Waals surface area contributed by atoms with Gasteiger partial charge in [0.05, 0.1) is 30.8 Å². The average Bonchev–Trinajstić information content (AvgIpc) is 2.97. The van der Waals surface area contributed by atoms with Crippen molar-refractivity contribution >= 4 is 34.1 Å². The number of nitro groups is 4. The third-order valence-electron chi connectivity index (χ3n) is 7.20. The van der Waals surface area contributed by atoms with Gasteiger partial charge in [0.2, 0.25) is 0 Å². The highest BCUT2D eigenvalue weighted by molar-refractivity contribution is 5.77. The number of anilines is 2. The molecule has 0 saturated heterocycles. The van der Waals surface area contributed by atoms with Crippen molar-refractivity contribution in [2.45, 2.75) is 84.7 Å². The summed E-state index contributed by atoms with van der Waals surface area (Å²) in [7, 11) is 1.37. The molecule has 262 valence electrons. The molecule has 0 aromatic heterocycles. The fourth-order valence-corrected chi connectivity index (χ4v) is 4.52. The van der Waals surface area contributed by atoms with Gasteiger partial charge in [0.15, 0.2) is 11.4 Å². The standard InChI is InChI=1S/C15H20F3N3O4.C12H14F3N3O4/c1-5-9(3)19(10(4)6-2)14-12(20(22)23)7-11(15(16,17)18)8-13(14)21(24)25;1-3-4-5-16(2)11-9(17(19)20)6-8(12(13,14)15)7-10(11)18(21)22/h7-10H,5-6H2,1-4H3;6-7H,3-5H2,1-2H3. The summed E-state index contributed by atoms with van der Waals surface area (Å²) < 4.78 is 77.2. The Bertz CT molecular complexity index is 1390. The molecule has 2 aromatic rings. The lowest BCUT2D eigenvalue weighted by Gasteiger charge is -2.35. The maximum Gasteiger partial charge on any atom is 0.416 e. The van der Waals surface area contributed by atoms with Gasteiger partial charge in [-0.2, -0.15) is 26.3 Å². The summed E-state index contributed by atoms with van der Waals surface area (Å²) >= 11 is 0. The molecule has 20 heteroatoms. The molecule has 0 aliphatic heterocycles. The summed E-state index contributed by atoms with van der Waals surface area (Å²) in [5, 5.41) is 44.9. The normalized spacial score (nSPS) is 12.8. The molecular formula is C27H34F6N6O8. The van der Waals surface area contributed by atoms with E-state index in [1.165, 1.54) is 16.8 Å². The number of rotatable bonds is 13. The smallest absolute Gasteiger partial charge is 0.363 e. The molecule has 0 N–H and O–H groups in total. The minimum atomic E-state index is -4.92. The molecule has 47 heavy (non-hydrogen) atoms. The van der Waals surface area contributed by atoms with Crippen LogP contribution >= 0.6 is 0 Å². The average molecular weight is 685 g/mol. The predicted octanol–water partition coefficient (Wildman–Crippen LogP) is 8.68. The molecule has 0 heterocycles. The van der Waals surface area contributed by atoms with E-state index in [0.29, 0.717) is 43.5 Å². The van der Waals surface area contributed by atoms with Crippen LogP contribution in [-0.4, -0.2) is 45.4 Å².